The fourth-order valence-corrected chi connectivity index (χ4v) is 4.13. The van der Waals surface area contributed by atoms with Gasteiger partial charge in [0.2, 0.25) is 0 Å². The summed E-state index contributed by atoms with van der Waals surface area (Å²) in [4.78, 5) is 11.0. The number of benzene rings is 2. The number of aryl methyl sites for hydroxylation is 2. The maximum atomic E-state index is 13.7. The number of halogens is 5. The second kappa shape index (κ2) is 12.6. The average molecular weight is 772 g/mol. The molecule has 0 fully saturated rings. The minimum Gasteiger partial charge on any atom is -0.572 e. The van der Waals surface area contributed by atoms with Crippen molar-refractivity contribution >= 4 is 11.4 Å². The minimum absolute atomic E-state index is 0. The Morgan fingerprint density at radius 2 is 1.49 bits per heavy atom. The third kappa shape index (κ3) is 7.26. The maximum Gasteiger partial charge on any atom is 0.394 e. The summed E-state index contributed by atoms with van der Waals surface area (Å²) < 4.78 is 67.8. The fourth-order valence-electron chi connectivity index (χ4n) is 4.13. The summed E-state index contributed by atoms with van der Waals surface area (Å²) in [6, 6.07) is 11.4. The van der Waals surface area contributed by atoms with Crippen molar-refractivity contribution in [3.8, 4) is 22.8 Å². The second-order valence-electron chi connectivity index (χ2n) is 9.58. The molecule has 0 bridgehead atoms. The van der Waals surface area contributed by atoms with Crippen LogP contribution in [0.1, 0.15) is 11.3 Å². The van der Waals surface area contributed by atoms with E-state index in [1.807, 2.05) is 6.92 Å². The van der Waals surface area contributed by atoms with Crippen LogP contribution in [0.4, 0.5) is 33.3 Å². The van der Waals surface area contributed by atoms with Crippen LogP contribution in [-0.2, 0) is 33.3 Å². The zero-order valence-electron chi connectivity index (χ0n) is 23.2. The topological polar surface area (TPSA) is 57.8 Å². The predicted octanol–water partition coefficient (Wildman–Crippen LogP) is 5.68. The first-order valence-electron chi connectivity index (χ1n) is 12.5. The number of aromatic nitrogens is 4. The first-order valence-corrected chi connectivity index (χ1v) is 12.5. The summed E-state index contributed by atoms with van der Waals surface area (Å²) in [5.74, 6) is -0.794. The summed E-state index contributed by atoms with van der Waals surface area (Å²) in [6.07, 6.45) is 4.11. The van der Waals surface area contributed by atoms with Gasteiger partial charge in [-0.2, -0.15) is 26.5 Å². The Balaban J connectivity index is 0.000000193. The Kier molecular flexibility index (Phi) is 9.31. The number of hydrogen-bond donors (Lipinski definition) is 0. The van der Waals surface area contributed by atoms with Crippen molar-refractivity contribution < 1.29 is 42.1 Å². The van der Waals surface area contributed by atoms with Crippen molar-refractivity contribution in [2.24, 2.45) is 7.05 Å². The fraction of sp³-hybridized carbons (Fsp3) is 0.172. The number of nitrogens with zero attached hydrogens (tertiary/aromatic N) is 8. The molecule has 4 aromatic rings. The SMILES string of the molecule is CN1C=CN(c2[c-]c(N3C=CN(C)[CH-]3)cc(C(F)(F)F)c2)[CH-]1.Cc1cc(-c2nc(-c3[c-]cc(F)cc3F)cn2C)[n-]n1.[Ir]. The van der Waals surface area contributed by atoms with Crippen molar-refractivity contribution in [1.29, 1.82) is 0 Å². The Bertz CT molecular complexity index is 1600. The van der Waals surface area contributed by atoms with E-state index in [2.05, 4.69) is 27.3 Å². The molecule has 43 heavy (non-hydrogen) atoms. The third-order valence-corrected chi connectivity index (χ3v) is 6.14. The second-order valence-corrected chi connectivity index (χ2v) is 9.58. The van der Waals surface area contributed by atoms with Crippen LogP contribution in [-0.4, -0.2) is 38.5 Å². The molecular formula is C29H24F5IrN8-5. The van der Waals surface area contributed by atoms with E-state index in [4.69, 9.17) is 0 Å². The number of rotatable bonds is 4. The Morgan fingerprint density at radius 3 is 1.95 bits per heavy atom. The minimum atomic E-state index is -4.41. The number of imidazole rings is 1. The quantitative estimate of drug-likeness (QED) is 0.196. The third-order valence-electron chi connectivity index (χ3n) is 6.14. The Morgan fingerprint density at radius 1 is 0.884 bits per heavy atom. The zero-order chi connectivity index (χ0) is 30.2. The molecule has 4 heterocycles. The molecule has 8 nitrogen and oxygen atoms in total. The zero-order valence-corrected chi connectivity index (χ0v) is 25.6. The molecule has 0 atom stereocenters. The van der Waals surface area contributed by atoms with Gasteiger partial charge < -0.3 is 34.4 Å². The van der Waals surface area contributed by atoms with Gasteiger partial charge in [0.25, 0.3) is 0 Å². The first-order chi connectivity index (χ1) is 19.9. The van der Waals surface area contributed by atoms with E-state index in [-0.39, 0.29) is 25.7 Å². The first kappa shape index (κ1) is 31.8. The molecule has 2 aromatic carbocycles. The smallest absolute Gasteiger partial charge is 0.394 e. The summed E-state index contributed by atoms with van der Waals surface area (Å²) in [5, 5.41) is 7.90. The van der Waals surface area contributed by atoms with Crippen LogP contribution in [0, 0.1) is 44.0 Å². The molecule has 0 aliphatic carbocycles. The average Bonchev–Trinajstić information content (AvgIpc) is 3.72. The van der Waals surface area contributed by atoms with Gasteiger partial charge in [-0.25, -0.2) is 0 Å². The summed E-state index contributed by atoms with van der Waals surface area (Å²) in [6.45, 7) is 5.20. The van der Waals surface area contributed by atoms with E-state index in [1.165, 1.54) is 0 Å². The van der Waals surface area contributed by atoms with Gasteiger partial charge in [0.1, 0.15) is 5.82 Å². The van der Waals surface area contributed by atoms with E-state index in [0.717, 1.165) is 30.0 Å². The number of anilines is 2. The van der Waals surface area contributed by atoms with Crippen molar-refractivity contribution in [2.75, 3.05) is 23.9 Å². The van der Waals surface area contributed by atoms with E-state index in [1.54, 1.807) is 95.7 Å². The molecule has 6 rings (SSSR count). The van der Waals surface area contributed by atoms with Gasteiger partial charge >= 0.3 is 6.18 Å². The molecule has 2 aliphatic rings. The van der Waals surface area contributed by atoms with Gasteiger partial charge in [0.05, 0.1) is 0 Å². The van der Waals surface area contributed by atoms with E-state index in [0.29, 0.717) is 28.6 Å². The predicted molar refractivity (Wildman–Crippen MR) is 146 cm³/mol. The van der Waals surface area contributed by atoms with Crippen LogP contribution in [0.3, 0.4) is 0 Å². The molecule has 14 heteroatoms. The molecule has 229 valence electrons. The van der Waals surface area contributed by atoms with Crippen LogP contribution in [0.25, 0.3) is 22.8 Å². The van der Waals surface area contributed by atoms with Crippen LogP contribution in [0.5, 0.6) is 0 Å². The monoisotopic (exact) mass is 772 g/mol. The van der Waals surface area contributed by atoms with E-state index < -0.39 is 23.4 Å². The van der Waals surface area contributed by atoms with Crippen LogP contribution in [0.15, 0.2) is 61.3 Å². The van der Waals surface area contributed by atoms with Crippen molar-refractivity contribution in [2.45, 2.75) is 13.1 Å². The Labute approximate surface area is 259 Å². The molecule has 0 unspecified atom stereocenters. The molecule has 1 radical (unpaired) electrons. The van der Waals surface area contributed by atoms with Crippen molar-refractivity contribution in [3.05, 3.63) is 110 Å². The molecule has 0 N–H and O–H groups in total. The normalized spacial score (nSPS) is 14.3. The van der Waals surface area contributed by atoms with Gasteiger partial charge in [-0.15, -0.1) is 41.7 Å². The van der Waals surface area contributed by atoms with Crippen LogP contribution >= 0.6 is 0 Å². The van der Waals surface area contributed by atoms with Gasteiger partial charge in [0, 0.05) is 50.2 Å². The summed E-state index contributed by atoms with van der Waals surface area (Å²) in [5.41, 5.74) is 1.86. The Hall–Kier alpha value is -4.16. The molecule has 0 saturated heterocycles. The van der Waals surface area contributed by atoms with E-state index in [9.17, 15) is 22.0 Å². The molecule has 2 aliphatic heterocycles. The number of hydrogen-bond acceptors (Lipinski definition) is 6. The molecular weight excluding hydrogens is 748 g/mol. The van der Waals surface area contributed by atoms with Crippen LogP contribution < -0.4 is 14.9 Å². The van der Waals surface area contributed by atoms with E-state index >= 15 is 0 Å². The standard InChI is InChI=1S/C15H14F3N4.C14H10F2N4.Ir/c1-19-3-5-21(10-19)13-7-12(15(16,17)18)8-14(9-13)22-6-4-20(2)11-22;1-8-5-12(19-18-8)14-17-13(7-20(14)2)10-4-3-9(15)6-11(10)16;/h3-8,10-11H,1-2H3;3,5-7H,1-2H3;/q-3;-2;. The largest absolute Gasteiger partial charge is 0.572 e. The van der Waals surface area contributed by atoms with Gasteiger partial charge in [0.15, 0.2) is 0 Å². The van der Waals surface area contributed by atoms with Crippen LogP contribution in [0.2, 0.25) is 0 Å². The molecule has 0 spiro atoms. The van der Waals surface area contributed by atoms with Crippen molar-refractivity contribution in [1.82, 2.24) is 29.5 Å². The molecule has 2 aromatic heterocycles. The van der Waals surface area contributed by atoms with Gasteiger partial charge in [-0.1, -0.05) is 29.0 Å². The summed E-state index contributed by atoms with van der Waals surface area (Å²) in [7, 11) is 5.38. The summed E-state index contributed by atoms with van der Waals surface area (Å²) >= 11 is 0. The van der Waals surface area contributed by atoms with Gasteiger partial charge in [-0.05, 0) is 52.0 Å². The maximum absolute atomic E-state index is 13.7. The van der Waals surface area contributed by atoms with Gasteiger partial charge in [-0.3, -0.25) is 13.8 Å². The van der Waals surface area contributed by atoms with Crippen molar-refractivity contribution in [3.63, 3.8) is 0 Å². The molecule has 0 amide bonds. The molecule has 0 saturated carbocycles. The number of alkyl halides is 3.